The lowest BCUT2D eigenvalue weighted by atomic mass is 10.0. The lowest BCUT2D eigenvalue weighted by Crippen LogP contribution is -2.16. The van der Waals surface area contributed by atoms with Crippen LogP contribution >= 0.6 is 11.3 Å². The normalized spacial score (nSPS) is 12.1. The number of benzene rings is 2. The Balaban J connectivity index is 1.46. The van der Waals surface area contributed by atoms with Crippen LogP contribution in [0.15, 0.2) is 53.9 Å². The molecule has 0 saturated carbocycles. The zero-order chi connectivity index (χ0) is 20.4. The van der Waals surface area contributed by atoms with Crippen molar-refractivity contribution in [2.45, 2.75) is 19.8 Å². The average molecular weight is 408 g/mol. The van der Waals surface area contributed by atoms with E-state index in [2.05, 4.69) is 24.5 Å². The van der Waals surface area contributed by atoms with Crippen LogP contribution in [0.1, 0.15) is 46.0 Å². The van der Waals surface area contributed by atoms with Crippen LogP contribution in [0, 0.1) is 0 Å². The second-order valence-electron chi connectivity index (χ2n) is 6.92. The van der Waals surface area contributed by atoms with E-state index in [0.717, 1.165) is 0 Å². The van der Waals surface area contributed by atoms with Gasteiger partial charge in [0.15, 0.2) is 11.5 Å². The van der Waals surface area contributed by atoms with Gasteiger partial charge < -0.3 is 20.1 Å². The van der Waals surface area contributed by atoms with Gasteiger partial charge in [0, 0.05) is 17.3 Å². The fourth-order valence-electron chi connectivity index (χ4n) is 2.95. The molecule has 1 aliphatic heterocycles. The van der Waals surface area contributed by atoms with Crippen molar-refractivity contribution in [1.82, 2.24) is 0 Å². The van der Waals surface area contributed by atoms with Crippen molar-refractivity contribution in [3.8, 4) is 11.5 Å². The van der Waals surface area contributed by atoms with Crippen molar-refractivity contribution in [3.63, 3.8) is 0 Å². The number of nitrogens with one attached hydrogen (secondary N) is 2. The second kappa shape index (κ2) is 7.97. The fourth-order valence-corrected chi connectivity index (χ4v) is 3.73. The molecule has 3 aromatic rings. The van der Waals surface area contributed by atoms with Crippen LogP contribution in [0.3, 0.4) is 0 Å². The van der Waals surface area contributed by atoms with Gasteiger partial charge in [-0.1, -0.05) is 26.0 Å². The first-order valence-corrected chi connectivity index (χ1v) is 10.1. The molecular formula is C22H20N2O4S. The molecular weight excluding hydrogens is 388 g/mol. The number of hydrogen-bond donors (Lipinski definition) is 2. The number of rotatable bonds is 5. The summed E-state index contributed by atoms with van der Waals surface area (Å²) in [4.78, 5) is 25.3. The largest absolute Gasteiger partial charge is 0.454 e. The predicted octanol–water partition coefficient (Wildman–Crippen LogP) is 5.10. The number of carbonyl (C=O) groups excluding carboxylic acids is 2. The molecule has 0 unspecified atom stereocenters. The summed E-state index contributed by atoms with van der Waals surface area (Å²) >= 11 is 1.30. The molecule has 6 nitrogen and oxygen atoms in total. The topological polar surface area (TPSA) is 76.7 Å². The van der Waals surface area contributed by atoms with Crippen LogP contribution in [-0.4, -0.2) is 18.6 Å². The average Bonchev–Trinajstić information content (AvgIpc) is 3.36. The van der Waals surface area contributed by atoms with Gasteiger partial charge in [0.05, 0.1) is 5.56 Å². The van der Waals surface area contributed by atoms with Crippen molar-refractivity contribution < 1.29 is 19.1 Å². The number of ether oxygens (including phenoxy) is 2. The first kappa shape index (κ1) is 19.0. The third kappa shape index (κ3) is 4.09. The van der Waals surface area contributed by atoms with E-state index < -0.39 is 0 Å². The van der Waals surface area contributed by atoms with Crippen molar-refractivity contribution in [2.24, 2.45) is 0 Å². The van der Waals surface area contributed by atoms with Crippen LogP contribution in [-0.2, 0) is 0 Å². The van der Waals surface area contributed by atoms with E-state index in [9.17, 15) is 9.59 Å². The van der Waals surface area contributed by atoms with Crippen molar-refractivity contribution in [1.29, 1.82) is 0 Å². The maximum atomic E-state index is 12.7. The van der Waals surface area contributed by atoms with E-state index in [1.165, 1.54) is 16.9 Å². The molecule has 2 heterocycles. The third-order valence-corrected chi connectivity index (χ3v) is 5.44. The summed E-state index contributed by atoms with van der Waals surface area (Å²) in [5.41, 5.74) is 2.71. The van der Waals surface area contributed by atoms with Crippen LogP contribution in [0.5, 0.6) is 11.5 Å². The van der Waals surface area contributed by atoms with Gasteiger partial charge in [-0.05, 0) is 47.2 Å². The summed E-state index contributed by atoms with van der Waals surface area (Å²) in [7, 11) is 0. The zero-order valence-electron chi connectivity index (χ0n) is 16.0. The maximum Gasteiger partial charge on any atom is 0.258 e. The van der Waals surface area contributed by atoms with Gasteiger partial charge in [0.25, 0.3) is 11.8 Å². The standard InChI is InChI=1S/C22H20N2O4S/c1-13(2)14-3-5-15(6-4-14)20(25)24-22-17(9-10-29-22)21(26)23-16-7-8-18-19(11-16)28-12-27-18/h3-11,13H,12H2,1-2H3,(H,23,26)(H,24,25). The highest BCUT2D eigenvalue weighted by molar-refractivity contribution is 7.14. The van der Waals surface area contributed by atoms with Crippen molar-refractivity contribution in [2.75, 3.05) is 17.4 Å². The van der Waals surface area contributed by atoms with Crippen molar-refractivity contribution in [3.05, 3.63) is 70.6 Å². The molecule has 0 fully saturated rings. The van der Waals surface area contributed by atoms with Gasteiger partial charge in [-0.3, -0.25) is 9.59 Å². The first-order valence-electron chi connectivity index (χ1n) is 9.21. The molecule has 1 aliphatic rings. The minimum Gasteiger partial charge on any atom is -0.454 e. The first-order chi connectivity index (χ1) is 14.0. The molecule has 2 N–H and O–H groups in total. The lowest BCUT2D eigenvalue weighted by Gasteiger charge is -2.09. The zero-order valence-corrected chi connectivity index (χ0v) is 16.8. The Kier molecular flexibility index (Phi) is 5.22. The van der Waals surface area contributed by atoms with E-state index in [0.29, 0.717) is 39.2 Å². The molecule has 7 heteroatoms. The van der Waals surface area contributed by atoms with Crippen LogP contribution in [0.2, 0.25) is 0 Å². The van der Waals surface area contributed by atoms with Gasteiger partial charge in [0.2, 0.25) is 6.79 Å². The highest BCUT2D eigenvalue weighted by Gasteiger charge is 2.18. The van der Waals surface area contributed by atoms with Crippen LogP contribution in [0.4, 0.5) is 10.7 Å². The van der Waals surface area contributed by atoms with E-state index in [-0.39, 0.29) is 18.6 Å². The number of anilines is 2. The van der Waals surface area contributed by atoms with E-state index >= 15 is 0 Å². The molecule has 29 heavy (non-hydrogen) atoms. The SMILES string of the molecule is CC(C)c1ccc(C(=O)Nc2sccc2C(=O)Nc2ccc3c(c2)OCO3)cc1. The number of hydrogen-bond acceptors (Lipinski definition) is 5. The molecule has 0 radical (unpaired) electrons. The van der Waals surface area contributed by atoms with Crippen LogP contribution < -0.4 is 20.1 Å². The Morgan fingerprint density at radius 2 is 1.69 bits per heavy atom. The second-order valence-corrected chi connectivity index (χ2v) is 7.83. The highest BCUT2D eigenvalue weighted by Crippen LogP contribution is 2.34. The molecule has 0 saturated heterocycles. The fraction of sp³-hybridized carbons (Fsp3) is 0.182. The quantitative estimate of drug-likeness (QED) is 0.615. The Labute approximate surface area is 172 Å². The lowest BCUT2D eigenvalue weighted by molar-refractivity contribution is 0.102. The Bertz CT molecular complexity index is 1060. The van der Waals surface area contributed by atoms with Crippen molar-refractivity contribution >= 4 is 33.8 Å². The van der Waals surface area contributed by atoms with Gasteiger partial charge in [-0.25, -0.2) is 0 Å². The highest BCUT2D eigenvalue weighted by atomic mass is 32.1. The number of carbonyl (C=O) groups is 2. The molecule has 1 aromatic heterocycles. The monoisotopic (exact) mass is 408 g/mol. The summed E-state index contributed by atoms with van der Waals surface area (Å²) in [5.74, 6) is 1.08. The Hall–Kier alpha value is -3.32. The summed E-state index contributed by atoms with van der Waals surface area (Å²) in [6.45, 7) is 4.38. The van der Waals surface area contributed by atoms with Gasteiger partial charge >= 0.3 is 0 Å². The summed E-state index contributed by atoms with van der Waals surface area (Å²) < 4.78 is 10.6. The minimum atomic E-state index is -0.310. The van der Waals surface area contributed by atoms with Gasteiger partial charge in [-0.15, -0.1) is 11.3 Å². The molecule has 0 aliphatic carbocycles. The van der Waals surface area contributed by atoms with Gasteiger partial charge in [-0.2, -0.15) is 0 Å². The predicted molar refractivity (Wildman–Crippen MR) is 113 cm³/mol. The summed E-state index contributed by atoms with van der Waals surface area (Å²) in [6, 6.07) is 14.4. The molecule has 0 atom stereocenters. The Morgan fingerprint density at radius 1 is 0.931 bits per heavy atom. The van der Waals surface area contributed by atoms with Gasteiger partial charge in [0.1, 0.15) is 5.00 Å². The molecule has 0 spiro atoms. The number of fused-ring (bicyclic) bond motifs is 1. The third-order valence-electron chi connectivity index (χ3n) is 4.61. The van der Waals surface area contributed by atoms with E-state index in [1.807, 2.05) is 12.1 Å². The molecule has 148 valence electrons. The Morgan fingerprint density at radius 3 is 2.45 bits per heavy atom. The van der Waals surface area contributed by atoms with E-state index in [4.69, 9.17) is 9.47 Å². The maximum absolute atomic E-state index is 12.7. The summed E-state index contributed by atoms with van der Waals surface area (Å²) in [6.07, 6.45) is 0. The smallest absolute Gasteiger partial charge is 0.258 e. The summed E-state index contributed by atoms with van der Waals surface area (Å²) in [5, 5.41) is 7.94. The molecule has 2 amide bonds. The number of thiophene rings is 1. The van der Waals surface area contributed by atoms with Crippen LogP contribution in [0.25, 0.3) is 0 Å². The van der Waals surface area contributed by atoms with E-state index in [1.54, 1.807) is 41.8 Å². The molecule has 4 rings (SSSR count). The molecule has 2 aromatic carbocycles. The molecule has 0 bridgehead atoms. The number of amides is 2. The minimum absolute atomic E-state index is 0.172.